The average molecular weight is 446 g/mol. The number of nitro benzene ring substituents is 1. The van der Waals surface area contributed by atoms with Crippen LogP contribution in [0.25, 0.3) is 0 Å². The molecule has 2 rings (SSSR count). The molecule has 1 aliphatic rings. The van der Waals surface area contributed by atoms with Crippen LogP contribution in [0.3, 0.4) is 0 Å². The van der Waals surface area contributed by atoms with Crippen molar-refractivity contribution in [1.29, 1.82) is 0 Å². The molecule has 7 N–H and O–H groups in total. The van der Waals surface area contributed by atoms with E-state index >= 15 is 0 Å². The monoisotopic (exact) mass is 446 g/mol. The summed E-state index contributed by atoms with van der Waals surface area (Å²) in [5.41, 5.74) is -0.341. The minimum Gasteiger partial charge on any atom is -0.476 e. The molecule has 1 saturated heterocycles. The first-order valence-corrected chi connectivity index (χ1v) is 8.89. The Labute approximate surface area is 174 Å². The van der Waals surface area contributed by atoms with Crippen LogP contribution in [0.5, 0.6) is 5.75 Å². The number of ether oxygens (including phenoxy) is 2. The van der Waals surface area contributed by atoms with Crippen LogP contribution < -0.4 is 10.1 Å². The van der Waals surface area contributed by atoms with Gasteiger partial charge in [0, 0.05) is 19.1 Å². The van der Waals surface area contributed by atoms with Gasteiger partial charge in [-0.25, -0.2) is 4.79 Å². The summed E-state index contributed by atoms with van der Waals surface area (Å²) >= 11 is 0. The lowest BCUT2D eigenvalue weighted by Gasteiger charge is -2.48. The molecule has 1 heterocycles. The number of rotatable bonds is 8. The van der Waals surface area contributed by atoms with E-state index in [0.717, 1.165) is 31.2 Å². The molecule has 0 aliphatic carbocycles. The molecule has 1 amide bonds. The van der Waals surface area contributed by atoms with Gasteiger partial charge < -0.3 is 45.4 Å². The van der Waals surface area contributed by atoms with E-state index in [1.54, 1.807) is 0 Å². The molecule has 1 aromatic carbocycles. The fourth-order valence-corrected chi connectivity index (χ4v) is 3.09. The minimum absolute atomic E-state index is 0.312. The highest BCUT2D eigenvalue weighted by Crippen LogP contribution is 2.35. The quantitative estimate of drug-likeness (QED) is 0.157. The smallest absolute Gasteiger partial charge is 0.380 e. The summed E-state index contributed by atoms with van der Waals surface area (Å²) in [7, 11) is 0. The van der Waals surface area contributed by atoms with Crippen molar-refractivity contribution in [1.82, 2.24) is 5.32 Å². The second-order valence-electron chi connectivity index (χ2n) is 6.81. The number of carbonyl (C=O) groups excluding carboxylic acids is 1. The van der Waals surface area contributed by atoms with E-state index < -0.39 is 65.8 Å². The summed E-state index contributed by atoms with van der Waals surface area (Å²) in [5.74, 6) is -6.05. The summed E-state index contributed by atoms with van der Waals surface area (Å²) in [5, 5.41) is 72.9. The molecule has 0 radical (unpaired) electrons. The number of amides is 1. The zero-order chi connectivity index (χ0) is 23.5. The molecular weight excluding hydrogens is 424 g/mol. The van der Waals surface area contributed by atoms with Gasteiger partial charge in [-0.05, 0) is 12.1 Å². The maximum absolute atomic E-state index is 12.0. The third-order valence-electron chi connectivity index (χ3n) is 4.65. The molecule has 1 fully saturated rings. The molecule has 0 aromatic heterocycles. The number of aliphatic hydroxyl groups excluding tert-OH is 5. The molecule has 0 spiro atoms. The summed E-state index contributed by atoms with van der Waals surface area (Å²) in [4.78, 5) is 33.6. The van der Waals surface area contributed by atoms with Crippen molar-refractivity contribution in [2.24, 2.45) is 0 Å². The summed E-state index contributed by atoms with van der Waals surface area (Å²) in [6.45, 7) is 0.0627. The number of nitro groups is 1. The van der Waals surface area contributed by atoms with E-state index in [9.17, 15) is 45.2 Å². The highest BCUT2D eigenvalue weighted by molar-refractivity contribution is 5.78. The molecule has 7 atom stereocenters. The van der Waals surface area contributed by atoms with Crippen molar-refractivity contribution in [3.8, 4) is 5.75 Å². The molecule has 1 aromatic rings. The third-order valence-corrected chi connectivity index (χ3v) is 4.65. The van der Waals surface area contributed by atoms with Crippen LogP contribution in [0.2, 0.25) is 0 Å². The highest BCUT2D eigenvalue weighted by atomic mass is 16.7. The Morgan fingerprint density at radius 3 is 2.32 bits per heavy atom. The number of benzene rings is 1. The normalized spacial score (nSPS) is 30.1. The second kappa shape index (κ2) is 9.51. The Bertz CT molecular complexity index is 818. The predicted octanol–water partition coefficient (Wildman–Crippen LogP) is -2.91. The number of hydrogen-bond acceptors (Lipinski definition) is 11. The molecule has 14 heteroatoms. The van der Waals surface area contributed by atoms with Crippen molar-refractivity contribution in [3.05, 3.63) is 34.4 Å². The van der Waals surface area contributed by atoms with Gasteiger partial charge in [-0.1, -0.05) is 0 Å². The van der Waals surface area contributed by atoms with Crippen LogP contribution in [0.4, 0.5) is 5.69 Å². The van der Waals surface area contributed by atoms with Gasteiger partial charge in [0.25, 0.3) is 5.69 Å². The first-order chi connectivity index (χ1) is 14.4. The Balaban J connectivity index is 2.48. The standard InChI is InChI=1S/C17H22N2O12/c1-7(21)18-11-13(24)15(25)17(16(26)27,31-14(11)12(23)10(22)6-20)30-9-4-2-8(3-5-9)19(28)29/h2-5,10-15,20,22-25H,6H2,1H3,(H,18,21)(H,26,27)/t10-,11-,12-,13-,14-,15+,17-/m1/s1. The summed E-state index contributed by atoms with van der Waals surface area (Å²) < 4.78 is 10.5. The van der Waals surface area contributed by atoms with Crippen molar-refractivity contribution in [2.45, 2.75) is 49.3 Å². The zero-order valence-corrected chi connectivity index (χ0v) is 16.1. The Morgan fingerprint density at radius 2 is 1.87 bits per heavy atom. The molecule has 1 aliphatic heterocycles. The van der Waals surface area contributed by atoms with Gasteiger partial charge in [-0.3, -0.25) is 14.9 Å². The van der Waals surface area contributed by atoms with E-state index in [2.05, 4.69) is 5.32 Å². The maximum atomic E-state index is 12.0. The molecular formula is C17H22N2O12. The molecule has 31 heavy (non-hydrogen) atoms. The number of carbonyl (C=O) groups is 2. The first-order valence-electron chi connectivity index (χ1n) is 8.89. The third kappa shape index (κ3) is 4.90. The highest BCUT2D eigenvalue weighted by Gasteiger charge is 2.63. The SMILES string of the molecule is CC(=O)N[C@@H]1[C@@H](O)[C@H](O)[C@](Oc2ccc([N+](=O)[O-])cc2)(C(=O)O)O[C@H]1[C@H](O)[C@H](O)CO. The fraction of sp³-hybridized carbons (Fsp3) is 0.529. The van der Waals surface area contributed by atoms with Gasteiger partial charge in [0.1, 0.15) is 30.2 Å². The Kier molecular flexibility index (Phi) is 7.48. The van der Waals surface area contributed by atoms with Gasteiger partial charge in [0.15, 0.2) is 6.10 Å². The minimum atomic E-state index is -3.05. The number of nitrogens with one attached hydrogen (secondary N) is 1. The molecule has 0 unspecified atom stereocenters. The molecule has 0 bridgehead atoms. The van der Waals surface area contributed by atoms with Crippen LogP contribution in [-0.4, -0.2) is 96.4 Å². The van der Waals surface area contributed by atoms with E-state index in [4.69, 9.17) is 14.6 Å². The van der Waals surface area contributed by atoms with Crippen molar-refractivity contribution < 1.29 is 54.6 Å². The molecule has 172 valence electrons. The lowest BCUT2D eigenvalue weighted by atomic mass is 9.86. The van der Waals surface area contributed by atoms with Gasteiger partial charge in [-0.2, -0.15) is 0 Å². The van der Waals surface area contributed by atoms with Crippen LogP contribution in [0, 0.1) is 10.1 Å². The summed E-state index contributed by atoms with van der Waals surface area (Å²) in [6.07, 6.45) is -10.2. The van der Waals surface area contributed by atoms with Crippen molar-refractivity contribution in [3.63, 3.8) is 0 Å². The number of hydrogen-bond donors (Lipinski definition) is 7. The topological polar surface area (TPSA) is 229 Å². The predicted molar refractivity (Wildman–Crippen MR) is 97.7 cm³/mol. The molecule has 0 saturated carbocycles. The second-order valence-corrected chi connectivity index (χ2v) is 6.81. The number of aliphatic carboxylic acids is 1. The largest absolute Gasteiger partial charge is 0.476 e. The Hall–Kier alpha value is -2.88. The van der Waals surface area contributed by atoms with Crippen LogP contribution in [-0.2, 0) is 14.3 Å². The van der Waals surface area contributed by atoms with E-state index in [0.29, 0.717) is 0 Å². The number of non-ortho nitro benzene ring substituents is 1. The summed E-state index contributed by atoms with van der Waals surface area (Å²) in [6, 6.07) is 2.40. The Morgan fingerprint density at radius 1 is 1.29 bits per heavy atom. The zero-order valence-electron chi connectivity index (χ0n) is 16.1. The van der Waals surface area contributed by atoms with E-state index in [-0.39, 0.29) is 11.4 Å². The number of aliphatic hydroxyl groups is 5. The van der Waals surface area contributed by atoms with Crippen molar-refractivity contribution >= 4 is 17.6 Å². The number of carboxylic acids is 1. The van der Waals surface area contributed by atoms with Crippen LogP contribution in [0.15, 0.2) is 24.3 Å². The average Bonchev–Trinajstić information content (AvgIpc) is 2.72. The van der Waals surface area contributed by atoms with Crippen LogP contribution in [0.1, 0.15) is 6.92 Å². The maximum Gasteiger partial charge on any atom is 0.380 e. The molecule has 14 nitrogen and oxygen atoms in total. The van der Waals surface area contributed by atoms with Crippen molar-refractivity contribution in [2.75, 3.05) is 6.61 Å². The van der Waals surface area contributed by atoms with E-state index in [1.165, 1.54) is 0 Å². The first kappa shape index (κ1) is 24.4. The van der Waals surface area contributed by atoms with Gasteiger partial charge in [0.05, 0.1) is 17.6 Å². The number of carboxylic acid groups (broad SMARTS) is 1. The van der Waals surface area contributed by atoms with Gasteiger partial charge in [0.2, 0.25) is 5.91 Å². The van der Waals surface area contributed by atoms with E-state index in [1.807, 2.05) is 0 Å². The lowest BCUT2D eigenvalue weighted by molar-refractivity contribution is -0.384. The van der Waals surface area contributed by atoms with Gasteiger partial charge in [-0.15, -0.1) is 0 Å². The van der Waals surface area contributed by atoms with Gasteiger partial charge >= 0.3 is 11.8 Å². The van der Waals surface area contributed by atoms with Crippen LogP contribution >= 0.6 is 0 Å². The fourth-order valence-electron chi connectivity index (χ4n) is 3.09. The number of nitrogens with zero attached hydrogens (tertiary/aromatic N) is 1. The lowest BCUT2D eigenvalue weighted by Crippen LogP contribution is -2.75.